The van der Waals surface area contributed by atoms with E-state index in [1.807, 2.05) is 69.2 Å². The van der Waals surface area contributed by atoms with Crippen LogP contribution >= 0.6 is 0 Å². The molecule has 6 rings (SSSR count). The number of rotatable bonds is 9. The Morgan fingerprint density at radius 3 is 2.17 bits per heavy atom. The maximum atomic E-state index is 14.5. The Labute approximate surface area is 377 Å². The number of aliphatic imine (C=N–C) groups is 1. The molecule has 3 N–H and O–H groups in total. The van der Waals surface area contributed by atoms with Crippen LogP contribution in [0.25, 0.3) is 5.69 Å². The summed E-state index contributed by atoms with van der Waals surface area (Å²) in [4.78, 5) is 35.6. The molecule has 0 spiro atoms. The van der Waals surface area contributed by atoms with E-state index in [2.05, 4.69) is 5.10 Å². The monoisotopic (exact) mass is 901 g/mol. The van der Waals surface area contributed by atoms with Gasteiger partial charge in [-0.05, 0) is 91.1 Å². The van der Waals surface area contributed by atoms with E-state index < -0.39 is 102 Å². The first-order chi connectivity index (χ1) is 30.1. The lowest BCUT2D eigenvalue weighted by Gasteiger charge is -2.49. The molecule has 1 aromatic carbocycles. The molecule has 17 nitrogen and oxygen atoms in total. The number of aliphatic hydroxyl groups is 3. The summed E-state index contributed by atoms with van der Waals surface area (Å²) in [6.07, 6.45) is -4.67. The van der Waals surface area contributed by atoms with Crippen LogP contribution in [0.4, 0.5) is 5.69 Å². The third kappa shape index (κ3) is 9.93. The van der Waals surface area contributed by atoms with Gasteiger partial charge in [0.2, 0.25) is 0 Å². The van der Waals surface area contributed by atoms with E-state index in [0.29, 0.717) is 18.1 Å². The quantitative estimate of drug-likeness (QED) is 0.292. The molecule has 4 aliphatic rings. The molecular weight excluding hydrogens is 829 g/mol. The van der Waals surface area contributed by atoms with Gasteiger partial charge in [-0.15, -0.1) is 0 Å². The third-order valence-corrected chi connectivity index (χ3v) is 14.5. The zero-order chi connectivity index (χ0) is 47.1. The Morgan fingerprint density at radius 1 is 0.891 bits per heavy atom. The molecule has 0 aliphatic carbocycles. The molecule has 18 atom stereocenters. The van der Waals surface area contributed by atoms with Gasteiger partial charge in [0, 0.05) is 57.8 Å². The normalized spacial score (nSPS) is 43.3. The molecule has 17 heteroatoms. The average Bonchev–Trinajstić information content (AvgIpc) is 3.92. The number of amidine groups is 1. The minimum Gasteiger partial charge on any atom is -0.459 e. The Balaban J connectivity index is 1.40. The molecule has 2 aromatic rings. The number of likely N-dealkylation sites (N-methyl/N-ethyl adjacent to an activating group) is 1. The van der Waals surface area contributed by atoms with Crippen molar-refractivity contribution >= 4 is 23.5 Å². The number of ether oxygens (including phenoxy) is 8. The van der Waals surface area contributed by atoms with Crippen LogP contribution < -0.4 is 0 Å². The molecule has 358 valence electrons. The van der Waals surface area contributed by atoms with Crippen molar-refractivity contribution in [2.75, 3.05) is 21.3 Å². The first kappa shape index (κ1) is 49.9. The standard InChI is InChI=1S/C47H72N4O13/c1-14-34-47(10,56)39(53)27(4)36(52)25(2)23-46(9,58-13)41(28(5)37(29(6)42(55)61-34)62-35-24-45(8,57-12)40(54)30(7)60-35)64-43-38-33(22-26(3)59-43)50(11)44(63-38)49-31-16-18-32(19-17-31)51-21-15-20-48-51/h15-21,25-30,33-35,37-41,43,53-54,56H,14,22-24H2,1-13H3/t25-,26-,27+,28-,29-,30+,33+,34?,35+,37?,38-,39-,40+,41-,43+,45-,46-,47-/m1/s1. The van der Waals surface area contributed by atoms with Crippen molar-refractivity contribution in [3.05, 3.63) is 42.7 Å². The average molecular weight is 901 g/mol. The van der Waals surface area contributed by atoms with Crippen LogP contribution in [-0.4, -0.2) is 153 Å². The number of ketones is 1. The molecule has 0 amide bonds. The molecule has 2 unspecified atom stereocenters. The summed E-state index contributed by atoms with van der Waals surface area (Å²) in [6.45, 7) is 17.3. The number of hydrogen-bond donors (Lipinski definition) is 3. The van der Waals surface area contributed by atoms with Crippen LogP contribution in [0, 0.1) is 23.7 Å². The molecular formula is C47H72N4O13. The lowest BCUT2D eigenvalue weighted by molar-refractivity contribution is -0.315. The largest absolute Gasteiger partial charge is 0.459 e. The lowest BCUT2D eigenvalue weighted by atomic mass is 9.74. The highest BCUT2D eigenvalue weighted by atomic mass is 16.7. The molecule has 4 saturated heterocycles. The fourth-order valence-corrected chi connectivity index (χ4v) is 10.2. The molecule has 1 aromatic heterocycles. The Morgan fingerprint density at radius 2 is 1.56 bits per heavy atom. The number of aliphatic hydroxyl groups excluding tert-OH is 2. The van der Waals surface area contributed by atoms with Gasteiger partial charge in [0.15, 0.2) is 18.7 Å². The second-order valence-corrected chi connectivity index (χ2v) is 19.2. The van der Waals surface area contributed by atoms with E-state index in [9.17, 15) is 24.9 Å². The van der Waals surface area contributed by atoms with Crippen molar-refractivity contribution in [1.82, 2.24) is 14.7 Å². The van der Waals surface area contributed by atoms with E-state index in [1.54, 1.807) is 59.5 Å². The molecule has 64 heavy (non-hydrogen) atoms. The van der Waals surface area contributed by atoms with Crippen molar-refractivity contribution in [2.45, 2.75) is 179 Å². The van der Waals surface area contributed by atoms with Gasteiger partial charge in [0.1, 0.15) is 23.6 Å². The lowest BCUT2D eigenvalue weighted by Crippen LogP contribution is -2.61. The summed E-state index contributed by atoms with van der Waals surface area (Å²) in [6, 6.07) is 9.68. The van der Waals surface area contributed by atoms with Crippen LogP contribution in [0.5, 0.6) is 0 Å². The minimum absolute atomic E-state index is 0.114. The summed E-state index contributed by atoms with van der Waals surface area (Å²) in [5.74, 6) is -4.50. The van der Waals surface area contributed by atoms with E-state index in [1.165, 1.54) is 14.0 Å². The van der Waals surface area contributed by atoms with Crippen LogP contribution in [0.15, 0.2) is 47.7 Å². The summed E-state index contributed by atoms with van der Waals surface area (Å²) >= 11 is 0. The topological polar surface area (TPSA) is 202 Å². The van der Waals surface area contributed by atoms with E-state index >= 15 is 0 Å². The molecule has 4 aliphatic heterocycles. The fraction of sp³-hybridized carbons (Fsp3) is 0.745. The summed E-state index contributed by atoms with van der Waals surface area (Å²) in [5.41, 5.74) is -2.73. The number of hydrogen-bond acceptors (Lipinski definition) is 15. The Hall–Kier alpha value is -3.52. The van der Waals surface area contributed by atoms with Gasteiger partial charge in [-0.3, -0.25) is 9.59 Å². The number of carbonyl (C=O) groups excluding carboxylic acids is 2. The summed E-state index contributed by atoms with van der Waals surface area (Å²) in [5, 5.41) is 38.8. The second-order valence-electron chi connectivity index (χ2n) is 19.2. The van der Waals surface area contributed by atoms with Crippen molar-refractivity contribution in [3.63, 3.8) is 0 Å². The zero-order valence-corrected chi connectivity index (χ0v) is 39.7. The van der Waals surface area contributed by atoms with Gasteiger partial charge >= 0.3 is 5.97 Å². The smallest absolute Gasteiger partial charge is 0.311 e. The molecule has 0 bridgehead atoms. The number of benzene rings is 1. The molecule has 4 fully saturated rings. The number of cyclic esters (lactones) is 1. The predicted octanol–water partition coefficient (Wildman–Crippen LogP) is 4.72. The third-order valence-electron chi connectivity index (χ3n) is 14.5. The Bertz CT molecular complexity index is 1920. The number of methoxy groups -OCH3 is 2. The van der Waals surface area contributed by atoms with Crippen molar-refractivity contribution < 1.29 is 62.8 Å². The second kappa shape index (κ2) is 19.8. The van der Waals surface area contributed by atoms with Gasteiger partial charge in [0.25, 0.3) is 6.02 Å². The van der Waals surface area contributed by atoms with E-state index in [4.69, 9.17) is 42.9 Å². The number of carbonyl (C=O) groups is 2. The van der Waals surface area contributed by atoms with Gasteiger partial charge < -0.3 is 58.1 Å². The van der Waals surface area contributed by atoms with Crippen molar-refractivity contribution in [1.29, 1.82) is 0 Å². The number of nitrogens with zero attached hydrogens (tertiary/aromatic N) is 4. The van der Waals surface area contributed by atoms with Crippen molar-refractivity contribution in [3.8, 4) is 5.69 Å². The van der Waals surface area contributed by atoms with Gasteiger partial charge in [-0.1, -0.05) is 27.7 Å². The van der Waals surface area contributed by atoms with Gasteiger partial charge in [-0.2, -0.15) is 10.1 Å². The molecule has 5 heterocycles. The van der Waals surface area contributed by atoms with Crippen LogP contribution in [0.1, 0.15) is 94.9 Å². The predicted molar refractivity (Wildman–Crippen MR) is 235 cm³/mol. The highest BCUT2D eigenvalue weighted by Crippen LogP contribution is 2.43. The first-order valence-corrected chi connectivity index (χ1v) is 22.7. The van der Waals surface area contributed by atoms with Crippen molar-refractivity contribution in [2.24, 2.45) is 28.7 Å². The maximum Gasteiger partial charge on any atom is 0.311 e. The molecule has 0 saturated carbocycles. The zero-order valence-electron chi connectivity index (χ0n) is 39.7. The number of Topliss-reactive ketones (excluding diaryl/α,β-unsaturated/α-hetero) is 1. The fourth-order valence-electron chi connectivity index (χ4n) is 10.2. The number of aromatic nitrogens is 2. The minimum atomic E-state index is -1.98. The summed E-state index contributed by atoms with van der Waals surface area (Å²) < 4.78 is 53.6. The van der Waals surface area contributed by atoms with Gasteiger partial charge in [-0.25, -0.2) is 4.68 Å². The Kier molecular flexibility index (Phi) is 15.4. The maximum absolute atomic E-state index is 14.5. The SMILES string of the molecule is CCC1OC(=O)[C@H](C)C(O[C@H]2C[C@@](C)(OC)[C@@H](O)[C@H](C)O2)[C@@H](C)[C@@H](O[C@@H]2O[C@H](C)C[C@H]3[C@H]2OC(=Nc2ccc(-n4cccn4)cc2)N3C)[C@](C)(OC)C[C@@H](C)C(=O)[C@H](C)[C@@H](O)[C@]1(C)O. The highest BCUT2D eigenvalue weighted by molar-refractivity contribution is 5.83. The first-order valence-electron chi connectivity index (χ1n) is 22.7. The van der Waals surface area contributed by atoms with E-state index in [-0.39, 0.29) is 37.2 Å². The summed E-state index contributed by atoms with van der Waals surface area (Å²) in [7, 11) is 4.98. The van der Waals surface area contributed by atoms with Gasteiger partial charge in [0.05, 0.1) is 65.1 Å². The number of esters is 1. The van der Waals surface area contributed by atoms with Crippen LogP contribution in [0.3, 0.4) is 0 Å². The number of fused-ring (bicyclic) bond motifs is 1. The van der Waals surface area contributed by atoms with Crippen LogP contribution in [0.2, 0.25) is 0 Å². The highest BCUT2D eigenvalue weighted by Gasteiger charge is 2.56. The van der Waals surface area contributed by atoms with Crippen LogP contribution in [-0.2, 0) is 47.5 Å². The van der Waals surface area contributed by atoms with E-state index in [0.717, 1.165) is 5.69 Å². The molecule has 0 radical (unpaired) electrons.